The van der Waals surface area contributed by atoms with Gasteiger partial charge in [-0.1, -0.05) is 60.5 Å². The van der Waals surface area contributed by atoms with E-state index in [9.17, 15) is 9.90 Å². The van der Waals surface area contributed by atoms with Crippen molar-refractivity contribution >= 4 is 22.9 Å². The van der Waals surface area contributed by atoms with Crippen molar-refractivity contribution in [2.75, 3.05) is 6.61 Å². The highest BCUT2D eigenvalue weighted by molar-refractivity contribution is 7.13. The SMILES string of the molecule is CCCc1cc(Oc2ccc(Cl)cc2)ccc1OCCCCc1ccc(-c2sc(=O)[nH]c2O)cc1. The van der Waals surface area contributed by atoms with Gasteiger partial charge in [0.25, 0.3) is 0 Å². The number of ether oxygens (including phenoxy) is 2. The van der Waals surface area contributed by atoms with E-state index in [1.807, 2.05) is 66.7 Å². The minimum Gasteiger partial charge on any atom is -0.493 e. The largest absolute Gasteiger partial charge is 0.493 e. The number of thiazole rings is 1. The predicted molar refractivity (Wildman–Crippen MR) is 142 cm³/mol. The molecule has 0 aliphatic heterocycles. The summed E-state index contributed by atoms with van der Waals surface area (Å²) >= 11 is 6.96. The molecule has 1 heterocycles. The van der Waals surface area contributed by atoms with Crippen LogP contribution in [0, 0.1) is 0 Å². The van der Waals surface area contributed by atoms with Crippen LogP contribution in [-0.2, 0) is 12.8 Å². The number of unbranched alkanes of at least 4 members (excludes halogenated alkanes) is 1. The van der Waals surface area contributed by atoms with Crippen LogP contribution in [0.1, 0.15) is 37.3 Å². The molecule has 2 N–H and O–H groups in total. The van der Waals surface area contributed by atoms with Gasteiger partial charge in [-0.15, -0.1) is 0 Å². The monoisotopic (exact) mass is 509 g/mol. The molecule has 0 aliphatic rings. The average Bonchev–Trinajstić information content (AvgIpc) is 3.20. The highest BCUT2D eigenvalue weighted by Crippen LogP contribution is 2.31. The fourth-order valence-corrected chi connectivity index (χ4v) is 4.68. The summed E-state index contributed by atoms with van der Waals surface area (Å²) in [5.41, 5.74) is 3.20. The van der Waals surface area contributed by atoms with Crippen LogP contribution in [-0.4, -0.2) is 16.7 Å². The van der Waals surface area contributed by atoms with Gasteiger partial charge in [0.05, 0.1) is 11.5 Å². The molecule has 0 atom stereocenters. The van der Waals surface area contributed by atoms with Gasteiger partial charge in [-0.2, -0.15) is 0 Å². The van der Waals surface area contributed by atoms with E-state index < -0.39 is 0 Å². The van der Waals surface area contributed by atoms with Crippen molar-refractivity contribution in [1.29, 1.82) is 0 Å². The van der Waals surface area contributed by atoms with E-state index >= 15 is 0 Å². The minimum atomic E-state index is -0.257. The number of hydrogen-bond acceptors (Lipinski definition) is 5. The van der Waals surface area contributed by atoms with Crippen LogP contribution in [0.25, 0.3) is 10.4 Å². The second-order valence-electron chi connectivity index (χ2n) is 8.27. The molecule has 0 spiro atoms. The van der Waals surface area contributed by atoms with Crippen molar-refractivity contribution in [1.82, 2.24) is 4.98 Å². The summed E-state index contributed by atoms with van der Waals surface area (Å²) in [6, 6.07) is 21.3. The molecule has 0 bridgehead atoms. The van der Waals surface area contributed by atoms with Crippen molar-refractivity contribution in [3.8, 4) is 33.6 Å². The van der Waals surface area contributed by atoms with Gasteiger partial charge < -0.3 is 14.6 Å². The summed E-state index contributed by atoms with van der Waals surface area (Å²) < 4.78 is 12.1. The van der Waals surface area contributed by atoms with E-state index in [1.165, 1.54) is 5.56 Å². The second kappa shape index (κ2) is 12.0. The van der Waals surface area contributed by atoms with Crippen molar-refractivity contribution < 1.29 is 14.6 Å². The number of benzene rings is 3. The third-order valence-electron chi connectivity index (χ3n) is 5.56. The summed E-state index contributed by atoms with van der Waals surface area (Å²) in [5, 5.41) is 10.5. The Hall–Kier alpha value is -3.22. The zero-order valence-corrected chi connectivity index (χ0v) is 21.1. The van der Waals surface area contributed by atoms with Crippen molar-refractivity contribution in [2.24, 2.45) is 0 Å². The summed E-state index contributed by atoms with van der Waals surface area (Å²) in [5.74, 6) is 2.37. The molecule has 182 valence electrons. The molecule has 5 nitrogen and oxygen atoms in total. The van der Waals surface area contributed by atoms with Gasteiger partial charge in [0, 0.05) is 5.02 Å². The molecule has 35 heavy (non-hydrogen) atoms. The Bertz CT molecular complexity index is 1300. The quantitative estimate of drug-likeness (QED) is 0.204. The summed E-state index contributed by atoms with van der Waals surface area (Å²) in [4.78, 5) is 14.1. The van der Waals surface area contributed by atoms with Gasteiger partial charge in [0.15, 0.2) is 0 Å². The molecule has 4 aromatic rings. The fourth-order valence-electron chi connectivity index (χ4n) is 3.82. The number of H-pyrrole nitrogens is 1. The number of aryl methyl sites for hydroxylation is 2. The first kappa shape index (κ1) is 24.9. The first-order valence-corrected chi connectivity index (χ1v) is 12.9. The van der Waals surface area contributed by atoms with Crippen LogP contribution in [0.2, 0.25) is 5.02 Å². The summed E-state index contributed by atoms with van der Waals surface area (Å²) in [6.45, 7) is 2.80. The van der Waals surface area contributed by atoms with E-state index in [-0.39, 0.29) is 10.8 Å². The highest BCUT2D eigenvalue weighted by atomic mass is 35.5. The minimum absolute atomic E-state index is 0.0723. The predicted octanol–water partition coefficient (Wildman–Crippen LogP) is 7.61. The molecule has 4 rings (SSSR count). The molecule has 0 fully saturated rings. The Balaban J connectivity index is 1.27. The van der Waals surface area contributed by atoms with E-state index in [0.29, 0.717) is 16.5 Å². The maximum absolute atomic E-state index is 11.4. The van der Waals surface area contributed by atoms with E-state index in [2.05, 4.69) is 11.9 Å². The number of aromatic amines is 1. The topological polar surface area (TPSA) is 71.5 Å². The lowest BCUT2D eigenvalue weighted by molar-refractivity contribution is 0.303. The molecule has 0 radical (unpaired) electrons. The molecule has 1 aromatic heterocycles. The average molecular weight is 510 g/mol. The van der Waals surface area contributed by atoms with Crippen LogP contribution in [0.4, 0.5) is 0 Å². The summed E-state index contributed by atoms with van der Waals surface area (Å²) in [7, 11) is 0. The molecule has 3 aromatic carbocycles. The number of hydrogen-bond donors (Lipinski definition) is 2. The lowest BCUT2D eigenvalue weighted by Crippen LogP contribution is -2.01. The van der Waals surface area contributed by atoms with E-state index in [1.54, 1.807) is 0 Å². The molecular weight excluding hydrogens is 482 g/mol. The Morgan fingerprint density at radius 1 is 0.943 bits per heavy atom. The first-order chi connectivity index (χ1) is 17.0. The zero-order chi connectivity index (χ0) is 24.6. The van der Waals surface area contributed by atoms with Crippen LogP contribution in [0.15, 0.2) is 71.5 Å². The maximum Gasteiger partial charge on any atom is 0.307 e. The van der Waals surface area contributed by atoms with Gasteiger partial charge in [-0.05, 0) is 84.8 Å². The van der Waals surface area contributed by atoms with Gasteiger partial charge in [-0.3, -0.25) is 9.78 Å². The normalized spacial score (nSPS) is 10.9. The smallest absolute Gasteiger partial charge is 0.307 e. The summed E-state index contributed by atoms with van der Waals surface area (Å²) in [6.07, 6.45) is 4.83. The number of aromatic hydroxyl groups is 1. The van der Waals surface area contributed by atoms with Gasteiger partial charge in [0.1, 0.15) is 17.2 Å². The number of rotatable bonds is 11. The van der Waals surface area contributed by atoms with Gasteiger partial charge >= 0.3 is 4.87 Å². The molecule has 0 saturated carbocycles. The lowest BCUT2D eigenvalue weighted by atomic mass is 10.1. The third kappa shape index (κ3) is 6.90. The van der Waals surface area contributed by atoms with Gasteiger partial charge in [0.2, 0.25) is 5.88 Å². The number of halogens is 1. The molecular formula is C28H28ClNO4S. The van der Waals surface area contributed by atoms with Crippen molar-refractivity contribution in [3.05, 3.63) is 92.5 Å². The van der Waals surface area contributed by atoms with Crippen LogP contribution in [0.3, 0.4) is 0 Å². The number of nitrogens with one attached hydrogen (secondary N) is 1. The maximum atomic E-state index is 11.4. The molecule has 0 aliphatic carbocycles. The third-order valence-corrected chi connectivity index (χ3v) is 6.74. The lowest BCUT2D eigenvalue weighted by Gasteiger charge is -2.14. The van der Waals surface area contributed by atoms with Crippen molar-refractivity contribution in [2.45, 2.75) is 39.0 Å². The molecule has 0 saturated heterocycles. The first-order valence-electron chi connectivity index (χ1n) is 11.7. The van der Waals surface area contributed by atoms with Gasteiger partial charge in [-0.25, -0.2) is 0 Å². The fraction of sp³-hybridized carbons (Fsp3) is 0.250. The highest BCUT2D eigenvalue weighted by Gasteiger charge is 2.10. The van der Waals surface area contributed by atoms with E-state index in [0.717, 1.165) is 71.8 Å². The Morgan fingerprint density at radius 3 is 2.37 bits per heavy atom. The molecule has 0 amide bonds. The zero-order valence-electron chi connectivity index (χ0n) is 19.6. The van der Waals surface area contributed by atoms with E-state index in [4.69, 9.17) is 21.1 Å². The van der Waals surface area contributed by atoms with Crippen molar-refractivity contribution in [3.63, 3.8) is 0 Å². The Kier molecular flexibility index (Phi) is 8.50. The Morgan fingerprint density at radius 2 is 1.69 bits per heavy atom. The molecule has 7 heteroatoms. The van der Waals surface area contributed by atoms with Crippen LogP contribution >= 0.6 is 22.9 Å². The second-order valence-corrected chi connectivity index (χ2v) is 9.69. The standard InChI is InChI=1S/C28H28ClNO4S/c1-2-5-21-18-24(34-23-13-11-22(29)12-14-23)15-16-25(21)33-17-4-3-6-19-7-9-20(10-8-19)26-27(31)30-28(32)35-26/h7-16,18,31H,2-6,17H2,1H3,(H,30,32). The van der Waals surface area contributed by atoms with Crippen LogP contribution < -0.4 is 14.3 Å². The number of aromatic nitrogens is 1. The molecule has 0 unspecified atom stereocenters. The van der Waals surface area contributed by atoms with Crippen LogP contribution in [0.5, 0.6) is 23.1 Å². The Labute approximate surface area is 214 Å².